The van der Waals surface area contributed by atoms with Gasteiger partial charge in [0, 0.05) is 23.1 Å². The fraction of sp³-hybridized carbons (Fsp3) is 1.00. The van der Waals surface area contributed by atoms with Crippen molar-refractivity contribution in [2.24, 2.45) is 0 Å². The Morgan fingerprint density at radius 1 is 1.30 bits per heavy atom. The second kappa shape index (κ2) is 2.74. The number of rotatable bonds is 1. The zero-order valence-corrected chi connectivity index (χ0v) is 8.16. The fourth-order valence-corrected chi connectivity index (χ4v) is 2.87. The van der Waals surface area contributed by atoms with Crippen molar-refractivity contribution < 1.29 is 0 Å². The minimum Gasteiger partial charge on any atom is -0.304 e. The monoisotopic (exact) mass is 159 g/mol. The third kappa shape index (κ3) is 2.51. The highest BCUT2D eigenvalue weighted by Crippen LogP contribution is 2.32. The molecule has 0 aromatic rings. The SMILES string of the molecule is CN1CC(SC(C)(C)C)C1. The van der Waals surface area contributed by atoms with E-state index in [1.807, 2.05) is 0 Å². The van der Waals surface area contributed by atoms with Crippen molar-refractivity contribution in [3.05, 3.63) is 0 Å². The molecule has 1 aliphatic heterocycles. The van der Waals surface area contributed by atoms with Crippen LogP contribution in [0.4, 0.5) is 0 Å². The van der Waals surface area contributed by atoms with Crippen molar-refractivity contribution in [3.8, 4) is 0 Å². The van der Waals surface area contributed by atoms with E-state index in [9.17, 15) is 0 Å². The molecule has 0 bridgehead atoms. The predicted octanol–water partition coefficient (Wildman–Crippen LogP) is 1.83. The van der Waals surface area contributed by atoms with Crippen LogP contribution in [0, 0.1) is 0 Å². The zero-order valence-electron chi connectivity index (χ0n) is 7.35. The van der Waals surface area contributed by atoms with Crippen LogP contribution in [0.15, 0.2) is 0 Å². The van der Waals surface area contributed by atoms with Gasteiger partial charge in [-0.3, -0.25) is 0 Å². The van der Waals surface area contributed by atoms with E-state index < -0.39 is 0 Å². The summed E-state index contributed by atoms with van der Waals surface area (Å²) >= 11 is 2.11. The topological polar surface area (TPSA) is 3.24 Å². The molecule has 1 aliphatic rings. The summed E-state index contributed by atoms with van der Waals surface area (Å²) in [6.07, 6.45) is 0. The standard InChI is InChI=1S/C8H17NS/c1-8(2,3)10-7-5-9(4)6-7/h7H,5-6H2,1-4H3. The summed E-state index contributed by atoms with van der Waals surface area (Å²) in [5, 5.41) is 0.894. The summed E-state index contributed by atoms with van der Waals surface area (Å²) in [5.74, 6) is 0. The van der Waals surface area contributed by atoms with Gasteiger partial charge in [-0.25, -0.2) is 0 Å². The Hall–Kier alpha value is 0.310. The van der Waals surface area contributed by atoms with Crippen LogP contribution in [0.2, 0.25) is 0 Å². The first-order valence-corrected chi connectivity index (χ1v) is 4.72. The molecule has 1 saturated heterocycles. The molecular weight excluding hydrogens is 142 g/mol. The lowest BCUT2D eigenvalue weighted by atomic mass is 10.2. The lowest BCUT2D eigenvalue weighted by Gasteiger charge is -2.39. The molecule has 60 valence electrons. The molecule has 0 N–H and O–H groups in total. The molecule has 0 aromatic heterocycles. The van der Waals surface area contributed by atoms with Gasteiger partial charge in [-0.05, 0) is 7.05 Å². The summed E-state index contributed by atoms with van der Waals surface area (Å²) in [5.41, 5.74) is 0. The number of hydrogen-bond acceptors (Lipinski definition) is 2. The molecule has 0 radical (unpaired) electrons. The van der Waals surface area contributed by atoms with E-state index in [1.165, 1.54) is 13.1 Å². The van der Waals surface area contributed by atoms with Crippen molar-refractivity contribution >= 4 is 11.8 Å². The Labute approximate surface area is 68.2 Å². The minimum absolute atomic E-state index is 0.450. The van der Waals surface area contributed by atoms with E-state index in [0.717, 1.165) is 5.25 Å². The Morgan fingerprint density at radius 2 is 1.80 bits per heavy atom. The highest BCUT2D eigenvalue weighted by molar-refractivity contribution is 8.01. The first kappa shape index (κ1) is 8.41. The Balaban J connectivity index is 2.16. The van der Waals surface area contributed by atoms with Crippen LogP contribution in [0.3, 0.4) is 0 Å². The third-order valence-electron chi connectivity index (χ3n) is 1.55. The second-order valence-electron chi connectivity index (χ2n) is 4.07. The first-order valence-electron chi connectivity index (χ1n) is 3.84. The lowest BCUT2D eigenvalue weighted by Crippen LogP contribution is -2.47. The summed E-state index contributed by atoms with van der Waals surface area (Å²) in [4.78, 5) is 2.36. The quantitative estimate of drug-likeness (QED) is 0.574. The predicted molar refractivity (Wildman–Crippen MR) is 48.6 cm³/mol. The van der Waals surface area contributed by atoms with E-state index in [4.69, 9.17) is 0 Å². The van der Waals surface area contributed by atoms with Crippen LogP contribution in [0.5, 0.6) is 0 Å². The Morgan fingerprint density at radius 3 is 2.10 bits per heavy atom. The average molecular weight is 159 g/mol. The van der Waals surface area contributed by atoms with Crippen LogP contribution in [-0.4, -0.2) is 35.0 Å². The van der Waals surface area contributed by atoms with Gasteiger partial charge < -0.3 is 4.90 Å². The van der Waals surface area contributed by atoms with Crippen molar-refractivity contribution in [1.82, 2.24) is 4.90 Å². The highest BCUT2D eigenvalue weighted by Gasteiger charge is 2.27. The molecular formula is C8H17NS. The third-order valence-corrected chi connectivity index (χ3v) is 2.89. The van der Waals surface area contributed by atoms with Gasteiger partial charge in [-0.1, -0.05) is 20.8 Å². The molecule has 1 nitrogen and oxygen atoms in total. The van der Waals surface area contributed by atoms with E-state index in [0.29, 0.717) is 4.75 Å². The van der Waals surface area contributed by atoms with Crippen LogP contribution in [-0.2, 0) is 0 Å². The van der Waals surface area contributed by atoms with Gasteiger partial charge >= 0.3 is 0 Å². The van der Waals surface area contributed by atoms with Gasteiger partial charge in [-0.2, -0.15) is 0 Å². The van der Waals surface area contributed by atoms with E-state index in [-0.39, 0.29) is 0 Å². The molecule has 0 spiro atoms. The van der Waals surface area contributed by atoms with Crippen LogP contribution >= 0.6 is 11.8 Å². The first-order chi connectivity index (χ1) is 4.47. The normalized spacial score (nSPS) is 22.8. The van der Waals surface area contributed by atoms with Crippen molar-refractivity contribution in [2.75, 3.05) is 20.1 Å². The maximum absolute atomic E-state index is 2.36. The maximum Gasteiger partial charge on any atom is 0.0307 e. The summed E-state index contributed by atoms with van der Waals surface area (Å²) < 4.78 is 0.450. The minimum atomic E-state index is 0.450. The second-order valence-corrected chi connectivity index (χ2v) is 6.20. The molecule has 0 aliphatic carbocycles. The molecule has 0 amide bonds. The van der Waals surface area contributed by atoms with Crippen molar-refractivity contribution in [3.63, 3.8) is 0 Å². The van der Waals surface area contributed by atoms with Crippen molar-refractivity contribution in [2.45, 2.75) is 30.8 Å². The maximum atomic E-state index is 2.36. The Kier molecular flexibility index (Phi) is 2.31. The molecule has 0 unspecified atom stereocenters. The van der Waals surface area contributed by atoms with Crippen LogP contribution in [0.1, 0.15) is 20.8 Å². The highest BCUT2D eigenvalue weighted by atomic mass is 32.2. The summed E-state index contributed by atoms with van der Waals surface area (Å²) in [6.45, 7) is 9.42. The smallest absolute Gasteiger partial charge is 0.0307 e. The number of nitrogens with zero attached hydrogens (tertiary/aromatic N) is 1. The van der Waals surface area contributed by atoms with Gasteiger partial charge in [0.1, 0.15) is 0 Å². The molecule has 2 heteroatoms. The van der Waals surface area contributed by atoms with Gasteiger partial charge in [0.15, 0.2) is 0 Å². The number of likely N-dealkylation sites (tertiary alicyclic amines) is 1. The van der Waals surface area contributed by atoms with Crippen LogP contribution < -0.4 is 0 Å². The van der Waals surface area contributed by atoms with Gasteiger partial charge in [0.25, 0.3) is 0 Å². The lowest BCUT2D eigenvalue weighted by molar-refractivity contribution is 0.238. The molecule has 1 rings (SSSR count). The van der Waals surface area contributed by atoms with Gasteiger partial charge in [0.2, 0.25) is 0 Å². The Bertz CT molecular complexity index is 111. The average Bonchev–Trinajstić information content (AvgIpc) is 1.57. The summed E-state index contributed by atoms with van der Waals surface area (Å²) in [6, 6.07) is 0. The molecule has 0 saturated carbocycles. The molecule has 1 heterocycles. The fourth-order valence-electron chi connectivity index (χ4n) is 1.22. The molecule has 1 fully saturated rings. The molecule has 10 heavy (non-hydrogen) atoms. The number of thioether (sulfide) groups is 1. The van der Waals surface area contributed by atoms with E-state index in [1.54, 1.807) is 0 Å². The van der Waals surface area contributed by atoms with E-state index >= 15 is 0 Å². The zero-order chi connectivity index (χ0) is 7.78. The summed E-state index contributed by atoms with van der Waals surface area (Å²) in [7, 11) is 2.18. The van der Waals surface area contributed by atoms with Crippen molar-refractivity contribution in [1.29, 1.82) is 0 Å². The number of hydrogen-bond donors (Lipinski definition) is 0. The van der Waals surface area contributed by atoms with E-state index in [2.05, 4.69) is 44.5 Å². The molecule has 0 atom stereocenters. The van der Waals surface area contributed by atoms with Gasteiger partial charge in [0.05, 0.1) is 0 Å². The van der Waals surface area contributed by atoms with Gasteiger partial charge in [-0.15, -0.1) is 11.8 Å². The molecule has 0 aromatic carbocycles. The largest absolute Gasteiger partial charge is 0.304 e. The van der Waals surface area contributed by atoms with Crippen LogP contribution in [0.25, 0.3) is 0 Å².